The lowest BCUT2D eigenvalue weighted by atomic mass is 10.6. The Kier molecular flexibility index (Phi) is 17.8. The van der Waals surface area contributed by atoms with E-state index in [1.165, 1.54) is 27.7 Å². The third-order valence-electron chi connectivity index (χ3n) is 0.287. The molecule has 0 amide bonds. The molecule has 0 bridgehead atoms. The van der Waals surface area contributed by atoms with Crippen LogP contribution in [0, 0.1) is 0 Å². The smallest absolute Gasteiger partial charge is 0.373 e. The molecule has 0 N–H and O–H groups in total. The van der Waals surface area contributed by atoms with Crippen molar-refractivity contribution in [3.8, 4) is 0 Å². The zero-order chi connectivity index (χ0) is 12.1. The molecule has 0 fully saturated rings. The van der Waals surface area contributed by atoms with Gasteiger partial charge < -0.3 is 9.53 Å². The van der Waals surface area contributed by atoms with Crippen LogP contribution in [-0.4, -0.2) is 23.9 Å². The molecule has 0 aromatic rings. The predicted molar refractivity (Wildman–Crippen MR) is 43.8 cm³/mol. The first-order valence-electron chi connectivity index (χ1n) is 3.43. The summed E-state index contributed by atoms with van der Waals surface area (Å²) in [5, 5.41) is 0. The molecule has 6 nitrogen and oxygen atoms in total. The standard InChI is InChI=1S/C4H6O3.C3H6O.CO2/c1-3(5)7-4(2)6;1-3(2)4;2-1-3/h1-2H3;1-2H3;. The monoisotopic (exact) mass is 204 g/mol. The number of Topliss-reactive ketones (excluding diaryl/α,β-unsaturated/α-hetero) is 1. The number of rotatable bonds is 0. The first-order chi connectivity index (χ1) is 6.27. The Morgan fingerprint density at radius 2 is 1.00 bits per heavy atom. The van der Waals surface area contributed by atoms with Crippen LogP contribution in [0.3, 0.4) is 0 Å². The number of hydrogen-bond donors (Lipinski definition) is 0. The van der Waals surface area contributed by atoms with Gasteiger partial charge in [0.25, 0.3) is 0 Å². The molecule has 0 spiro atoms. The Bertz CT molecular complexity index is 208. The third-order valence-corrected chi connectivity index (χ3v) is 0.287. The van der Waals surface area contributed by atoms with Crippen LogP contribution in [-0.2, 0) is 28.7 Å². The molecular formula is C8H12O6. The van der Waals surface area contributed by atoms with Crippen molar-refractivity contribution in [3.05, 3.63) is 0 Å². The van der Waals surface area contributed by atoms with Crippen molar-refractivity contribution in [1.82, 2.24) is 0 Å². The topological polar surface area (TPSA) is 94.6 Å². The molecule has 0 aromatic carbocycles. The Morgan fingerprint density at radius 3 is 1.00 bits per heavy atom. The second kappa shape index (κ2) is 13.8. The van der Waals surface area contributed by atoms with Gasteiger partial charge in [0, 0.05) is 13.8 Å². The SMILES string of the molecule is CC(=O)OC(C)=O.CC(C)=O.O=C=O. The number of carbonyl (C=O) groups excluding carboxylic acids is 5. The minimum absolute atomic E-state index is 0.167. The van der Waals surface area contributed by atoms with Crippen molar-refractivity contribution in [2.45, 2.75) is 27.7 Å². The van der Waals surface area contributed by atoms with E-state index in [1.54, 1.807) is 0 Å². The fourth-order valence-electron chi connectivity index (χ4n) is 0.202. The maximum atomic E-state index is 9.81. The highest BCUT2D eigenvalue weighted by atomic mass is 16.6. The van der Waals surface area contributed by atoms with Crippen LogP contribution in [0.1, 0.15) is 27.7 Å². The van der Waals surface area contributed by atoms with Gasteiger partial charge in [-0.2, -0.15) is 9.59 Å². The van der Waals surface area contributed by atoms with Crippen LogP contribution < -0.4 is 0 Å². The quantitative estimate of drug-likeness (QED) is 0.410. The molecule has 0 aromatic heterocycles. The summed E-state index contributed by atoms with van der Waals surface area (Å²) in [5.74, 6) is -0.958. The molecule has 0 atom stereocenters. The summed E-state index contributed by atoms with van der Waals surface area (Å²) in [6.07, 6.45) is 0.250. The average molecular weight is 204 g/mol. The van der Waals surface area contributed by atoms with Crippen molar-refractivity contribution in [2.24, 2.45) is 0 Å². The largest absolute Gasteiger partial charge is 0.394 e. The van der Waals surface area contributed by atoms with Gasteiger partial charge in [0.2, 0.25) is 0 Å². The Balaban J connectivity index is -0.000000147. The molecule has 0 rings (SSSR count). The Morgan fingerprint density at radius 1 is 0.857 bits per heavy atom. The van der Waals surface area contributed by atoms with E-state index < -0.39 is 11.9 Å². The molecule has 6 heteroatoms. The molecule has 0 saturated heterocycles. The molecular weight excluding hydrogens is 192 g/mol. The third kappa shape index (κ3) is 179. The van der Waals surface area contributed by atoms with Gasteiger partial charge in [-0.1, -0.05) is 0 Å². The number of hydrogen-bond acceptors (Lipinski definition) is 6. The Labute approximate surface area is 81.2 Å². The van der Waals surface area contributed by atoms with Crippen molar-refractivity contribution in [3.63, 3.8) is 0 Å². The van der Waals surface area contributed by atoms with E-state index in [2.05, 4.69) is 4.74 Å². The molecule has 0 saturated carbocycles. The minimum Gasteiger partial charge on any atom is -0.394 e. The summed E-state index contributed by atoms with van der Waals surface area (Å²) in [6.45, 7) is 5.42. The van der Waals surface area contributed by atoms with Crippen LogP contribution in [0.5, 0.6) is 0 Å². The maximum Gasteiger partial charge on any atom is 0.373 e. The minimum atomic E-state index is -0.562. The fourth-order valence-corrected chi connectivity index (χ4v) is 0.202. The first-order valence-corrected chi connectivity index (χ1v) is 3.43. The van der Waals surface area contributed by atoms with Gasteiger partial charge in [-0.15, -0.1) is 0 Å². The van der Waals surface area contributed by atoms with Crippen molar-refractivity contribution < 1.29 is 28.7 Å². The van der Waals surface area contributed by atoms with E-state index in [0.29, 0.717) is 0 Å². The summed E-state index contributed by atoms with van der Waals surface area (Å²) >= 11 is 0. The number of esters is 2. The Hall–Kier alpha value is -1.81. The van der Waals surface area contributed by atoms with E-state index in [1.807, 2.05) is 0 Å². The normalized spacial score (nSPS) is 6.29. The highest BCUT2D eigenvalue weighted by molar-refractivity contribution is 5.82. The highest BCUT2D eigenvalue weighted by Gasteiger charge is 1.93. The van der Waals surface area contributed by atoms with E-state index in [0.717, 1.165) is 0 Å². The zero-order valence-corrected chi connectivity index (χ0v) is 8.45. The molecule has 0 aliphatic rings. The molecule has 0 aliphatic heterocycles. The molecule has 0 radical (unpaired) electrons. The number of ether oxygens (including phenoxy) is 1. The molecule has 0 unspecified atom stereocenters. The lowest BCUT2D eigenvalue weighted by Gasteiger charge is -1.87. The van der Waals surface area contributed by atoms with E-state index in [-0.39, 0.29) is 11.9 Å². The van der Waals surface area contributed by atoms with E-state index >= 15 is 0 Å². The van der Waals surface area contributed by atoms with Crippen LogP contribution in [0.4, 0.5) is 0 Å². The van der Waals surface area contributed by atoms with Gasteiger partial charge in [0.1, 0.15) is 5.78 Å². The van der Waals surface area contributed by atoms with Crippen LogP contribution in [0.2, 0.25) is 0 Å². The van der Waals surface area contributed by atoms with Crippen molar-refractivity contribution >= 4 is 23.9 Å². The summed E-state index contributed by atoms with van der Waals surface area (Å²) in [6, 6.07) is 0. The lowest BCUT2D eigenvalue weighted by Crippen LogP contribution is -2.03. The summed E-state index contributed by atoms with van der Waals surface area (Å²) in [7, 11) is 0. The first kappa shape index (κ1) is 18.1. The number of ketones is 1. The number of carbonyl (C=O) groups is 3. The fraction of sp³-hybridized carbons (Fsp3) is 0.500. The molecule has 0 aliphatic carbocycles. The summed E-state index contributed by atoms with van der Waals surface area (Å²) < 4.78 is 3.97. The second-order valence-electron chi connectivity index (χ2n) is 2.08. The van der Waals surface area contributed by atoms with Crippen LogP contribution >= 0.6 is 0 Å². The van der Waals surface area contributed by atoms with E-state index in [4.69, 9.17) is 9.59 Å². The summed E-state index contributed by atoms with van der Waals surface area (Å²) in [5.41, 5.74) is 0. The molecule has 14 heavy (non-hydrogen) atoms. The van der Waals surface area contributed by atoms with Crippen molar-refractivity contribution in [1.29, 1.82) is 0 Å². The zero-order valence-electron chi connectivity index (χ0n) is 8.45. The predicted octanol–water partition coefficient (Wildman–Crippen LogP) is 0.108. The highest BCUT2D eigenvalue weighted by Crippen LogP contribution is 1.73. The van der Waals surface area contributed by atoms with Gasteiger partial charge in [0.05, 0.1) is 0 Å². The van der Waals surface area contributed by atoms with Crippen LogP contribution in [0.25, 0.3) is 0 Å². The van der Waals surface area contributed by atoms with Crippen molar-refractivity contribution in [2.75, 3.05) is 0 Å². The lowest BCUT2D eigenvalue weighted by molar-refractivity contribution is -0.191. The second-order valence-corrected chi connectivity index (χ2v) is 2.08. The van der Waals surface area contributed by atoms with Gasteiger partial charge in [-0.05, 0) is 13.8 Å². The van der Waals surface area contributed by atoms with E-state index in [9.17, 15) is 14.4 Å². The van der Waals surface area contributed by atoms with Gasteiger partial charge in [-0.3, -0.25) is 9.59 Å². The molecule has 80 valence electrons. The van der Waals surface area contributed by atoms with Gasteiger partial charge >= 0.3 is 18.1 Å². The maximum absolute atomic E-state index is 9.81. The van der Waals surface area contributed by atoms with Gasteiger partial charge in [-0.25, -0.2) is 0 Å². The average Bonchev–Trinajstić information content (AvgIpc) is 1.82. The van der Waals surface area contributed by atoms with Crippen LogP contribution in [0.15, 0.2) is 0 Å². The summed E-state index contributed by atoms with van der Waals surface area (Å²) in [4.78, 5) is 45.3. The molecule has 0 heterocycles. The van der Waals surface area contributed by atoms with Gasteiger partial charge in [0.15, 0.2) is 0 Å².